The van der Waals surface area contributed by atoms with Crippen molar-refractivity contribution < 1.29 is 13.2 Å². The quantitative estimate of drug-likeness (QED) is 0.873. The number of benzene rings is 1. The molecule has 1 N–H and O–H groups in total. The molecule has 1 saturated heterocycles. The summed E-state index contributed by atoms with van der Waals surface area (Å²) in [6.07, 6.45) is 7.10. The number of carbonyl (C=O) groups excluding carboxylic acids is 1. The molecule has 138 valence electrons. The van der Waals surface area contributed by atoms with Gasteiger partial charge in [-0.05, 0) is 43.4 Å². The summed E-state index contributed by atoms with van der Waals surface area (Å²) < 4.78 is 26.9. The Labute approximate surface area is 150 Å². The molecule has 1 aromatic rings. The molecular formula is C19H28N2O3S. The summed E-state index contributed by atoms with van der Waals surface area (Å²) >= 11 is 0. The highest BCUT2D eigenvalue weighted by molar-refractivity contribution is 7.89. The molecule has 0 unspecified atom stereocenters. The average molecular weight is 365 g/mol. The van der Waals surface area contributed by atoms with E-state index < -0.39 is 10.0 Å². The Kier molecular flexibility index (Phi) is 5.49. The van der Waals surface area contributed by atoms with Crippen LogP contribution in [-0.4, -0.2) is 31.7 Å². The van der Waals surface area contributed by atoms with Crippen LogP contribution in [0.3, 0.4) is 0 Å². The minimum absolute atomic E-state index is 0.106. The van der Waals surface area contributed by atoms with Gasteiger partial charge in [-0.1, -0.05) is 38.3 Å². The van der Waals surface area contributed by atoms with E-state index in [0.29, 0.717) is 24.5 Å². The molecule has 1 heterocycles. The lowest BCUT2D eigenvalue weighted by molar-refractivity contribution is -0.130. The number of piperidine rings is 1. The summed E-state index contributed by atoms with van der Waals surface area (Å²) in [5.74, 6) is 0.106. The highest BCUT2D eigenvalue weighted by Gasteiger charge is 2.35. The van der Waals surface area contributed by atoms with Crippen molar-refractivity contribution in [3.8, 4) is 0 Å². The van der Waals surface area contributed by atoms with Crippen LogP contribution in [-0.2, 0) is 21.4 Å². The maximum Gasteiger partial charge on any atom is 0.243 e. The highest BCUT2D eigenvalue weighted by atomic mass is 32.2. The fourth-order valence-corrected chi connectivity index (χ4v) is 5.33. The summed E-state index contributed by atoms with van der Waals surface area (Å²) in [6.45, 7) is 3.69. The third-order valence-corrected chi connectivity index (χ3v) is 7.50. The van der Waals surface area contributed by atoms with Crippen molar-refractivity contribution in [3.63, 3.8) is 0 Å². The number of carbonyl (C=O) groups is 1. The van der Waals surface area contributed by atoms with E-state index in [1.165, 1.54) is 0 Å². The lowest BCUT2D eigenvalue weighted by atomic mass is 9.88. The fourth-order valence-electron chi connectivity index (χ4n) is 3.81. The third kappa shape index (κ3) is 4.06. The van der Waals surface area contributed by atoms with Gasteiger partial charge in [0, 0.05) is 25.0 Å². The molecule has 2 fully saturated rings. The van der Waals surface area contributed by atoms with E-state index in [2.05, 4.69) is 5.32 Å². The maximum atomic E-state index is 12.6. The molecule has 1 amide bonds. The second-order valence-corrected chi connectivity index (χ2v) is 9.50. The van der Waals surface area contributed by atoms with Gasteiger partial charge in [0.1, 0.15) is 0 Å². The number of amides is 1. The number of rotatable bonds is 5. The number of sulfonamides is 1. The predicted octanol–water partition coefficient (Wildman–Crippen LogP) is 3.06. The first-order chi connectivity index (χ1) is 11.9. The number of nitrogens with one attached hydrogen (secondary N) is 1. The Bertz CT molecular complexity index is 701. The molecule has 1 aliphatic heterocycles. The molecule has 0 bridgehead atoms. The molecule has 0 radical (unpaired) electrons. The molecule has 2 aliphatic rings. The molecule has 1 saturated carbocycles. The van der Waals surface area contributed by atoms with Crippen molar-refractivity contribution in [2.45, 2.75) is 63.3 Å². The SMILES string of the molecule is CC1(C(=O)NCc2ccc(S(=O)(=O)N3CCCCC3)cc2)CCCC1. The lowest BCUT2D eigenvalue weighted by Crippen LogP contribution is -2.36. The van der Waals surface area contributed by atoms with Gasteiger partial charge in [-0.25, -0.2) is 8.42 Å². The maximum absolute atomic E-state index is 12.6. The summed E-state index contributed by atoms with van der Waals surface area (Å²) in [5, 5.41) is 3.00. The van der Waals surface area contributed by atoms with Crippen LogP contribution in [0.4, 0.5) is 0 Å². The second kappa shape index (κ2) is 7.46. The predicted molar refractivity (Wildman–Crippen MR) is 97.5 cm³/mol. The Morgan fingerprint density at radius 1 is 1.04 bits per heavy atom. The zero-order chi connectivity index (χ0) is 17.9. The van der Waals surface area contributed by atoms with Crippen LogP contribution in [0.25, 0.3) is 0 Å². The minimum atomic E-state index is -3.39. The number of nitrogens with zero attached hydrogens (tertiary/aromatic N) is 1. The van der Waals surface area contributed by atoms with E-state index in [0.717, 1.165) is 50.5 Å². The summed E-state index contributed by atoms with van der Waals surface area (Å²) in [4.78, 5) is 12.7. The van der Waals surface area contributed by atoms with Crippen LogP contribution in [0.5, 0.6) is 0 Å². The van der Waals surface area contributed by atoms with Gasteiger partial charge >= 0.3 is 0 Å². The zero-order valence-corrected chi connectivity index (χ0v) is 15.8. The number of hydrogen-bond donors (Lipinski definition) is 1. The van der Waals surface area contributed by atoms with Crippen LogP contribution < -0.4 is 5.32 Å². The summed E-state index contributed by atoms with van der Waals surface area (Å²) in [6, 6.07) is 6.91. The van der Waals surface area contributed by atoms with Crippen molar-refractivity contribution in [3.05, 3.63) is 29.8 Å². The third-order valence-electron chi connectivity index (χ3n) is 5.58. The highest BCUT2D eigenvalue weighted by Crippen LogP contribution is 2.37. The van der Waals surface area contributed by atoms with Crippen LogP contribution in [0, 0.1) is 5.41 Å². The van der Waals surface area contributed by atoms with Crippen LogP contribution in [0.2, 0.25) is 0 Å². The van der Waals surface area contributed by atoms with Gasteiger partial charge in [0.25, 0.3) is 0 Å². The van der Waals surface area contributed by atoms with Gasteiger partial charge < -0.3 is 5.32 Å². The Morgan fingerprint density at radius 3 is 2.24 bits per heavy atom. The topological polar surface area (TPSA) is 66.5 Å². The van der Waals surface area contributed by atoms with Crippen LogP contribution >= 0.6 is 0 Å². The molecule has 6 heteroatoms. The first-order valence-corrected chi connectivity index (χ1v) is 10.7. The summed E-state index contributed by atoms with van der Waals surface area (Å²) in [5.41, 5.74) is 0.685. The first-order valence-electron chi connectivity index (χ1n) is 9.29. The molecule has 0 aromatic heterocycles. The Hall–Kier alpha value is -1.40. The molecule has 1 aliphatic carbocycles. The van der Waals surface area contributed by atoms with Gasteiger partial charge in [0.05, 0.1) is 4.90 Å². The smallest absolute Gasteiger partial charge is 0.243 e. The molecule has 3 rings (SSSR count). The lowest BCUT2D eigenvalue weighted by Gasteiger charge is -2.26. The Morgan fingerprint density at radius 2 is 1.64 bits per heavy atom. The van der Waals surface area contributed by atoms with Gasteiger partial charge in [-0.3, -0.25) is 4.79 Å². The molecular weight excluding hydrogens is 336 g/mol. The van der Waals surface area contributed by atoms with E-state index in [4.69, 9.17) is 0 Å². The normalized spacial score (nSPS) is 21.2. The van der Waals surface area contributed by atoms with E-state index in [1.54, 1.807) is 28.6 Å². The van der Waals surface area contributed by atoms with Crippen LogP contribution in [0.15, 0.2) is 29.2 Å². The van der Waals surface area contributed by atoms with Gasteiger partial charge in [-0.15, -0.1) is 0 Å². The molecule has 1 aromatic carbocycles. The average Bonchev–Trinajstić information content (AvgIpc) is 3.09. The monoisotopic (exact) mass is 364 g/mol. The molecule has 25 heavy (non-hydrogen) atoms. The molecule has 5 nitrogen and oxygen atoms in total. The van der Waals surface area contributed by atoms with E-state index >= 15 is 0 Å². The van der Waals surface area contributed by atoms with Crippen molar-refractivity contribution in [1.82, 2.24) is 9.62 Å². The fraction of sp³-hybridized carbons (Fsp3) is 0.632. The second-order valence-electron chi connectivity index (χ2n) is 7.56. The van der Waals surface area contributed by atoms with E-state index in [-0.39, 0.29) is 11.3 Å². The Balaban J connectivity index is 1.61. The molecule has 0 spiro atoms. The largest absolute Gasteiger partial charge is 0.352 e. The van der Waals surface area contributed by atoms with Crippen molar-refractivity contribution in [1.29, 1.82) is 0 Å². The zero-order valence-electron chi connectivity index (χ0n) is 15.0. The van der Waals surface area contributed by atoms with Gasteiger partial charge in [0.2, 0.25) is 15.9 Å². The summed E-state index contributed by atoms with van der Waals surface area (Å²) in [7, 11) is -3.39. The van der Waals surface area contributed by atoms with Crippen molar-refractivity contribution in [2.24, 2.45) is 5.41 Å². The standard InChI is InChI=1S/C19H28N2O3S/c1-19(11-3-4-12-19)18(22)20-15-16-7-9-17(10-8-16)25(23,24)21-13-5-2-6-14-21/h7-10H,2-6,11-15H2,1H3,(H,20,22). The van der Waals surface area contributed by atoms with Crippen molar-refractivity contribution in [2.75, 3.05) is 13.1 Å². The first kappa shape index (κ1) is 18.4. The van der Waals surface area contributed by atoms with E-state index in [1.807, 2.05) is 6.92 Å². The van der Waals surface area contributed by atoms with Crippen LogP contribution in [0.1, 0.15) is 57.4 Å². The molecule has 0 atom stereocenters. The van der Waals surface area contributed by atoms with Gasteiger partial charge in [0.15, 0.2) is 0 Å². The number of hydrogen-bond acceptors (Lipinski definition) is 3. The van der Waals surface area contributed by atoms with E-state index in [9.17, 15) is 13.2 Å². The minimum Gasteiger partial charge on any atom is -0.352 e. The van der Waals surface area contributed by atoms with Gasteiger partial charge in [-0.2, -0.15) is 4.31 Å². The van der Waals surface area contributed by atoms with Crippen molar-refractivity contribution >= 4 is 15.9 Å².